The monoisotopic (exact) mass is 661 g/mol. The summed E-state index contributed by atoms with van der Waals surface area (Å²) in [6.45, 7) is 0. The van der Waals surface area contributed by atoms with E-state index in [0.29, 0.717) is 11.8 Å². The van der Waals surface area contributed by atoms with Gasteiger partial charge in [0.15, 0.2) is 0 Å². The Morgan fingerprint density at radius 2 is 0.961 bits per heavy atom. The number of fused-ring (bicyclic) bond motifs is 13. The fourth-order valence-corrected chi connectivity index (χ4v) is 10.6. The van der Waals surface area contributed by atoms with Gasteiger partial charge in [0.1, 0.15) is 11.2 Å². The number of anilines is 2. The first-order valence-electron chi connectivity index (χ1n) is 19.5. The predicted octanol–water partition coefficient (Wildman–Crippen LogP) is 13.8. The average molecular weight is 662 g/mol. The Kier molecular flexibility index (Phi) is 6.66. The molecule has 2 saturated carbocycles. The molecule has 4 aliphatic rings. The molecule has 1 spiro atoms. The van der Waals surface area contributed by atoms with Crippen molar-refractivity contribution in [1.29, 1.82) is 0 Å². The quantitative estimate of drug-likeness (QED) is 0.203. The topological polar surface area (TPSA) is 25.2 Å². The van der Waals surface area contributed by atoms with Crippen LogP contribution in [0.15, 0.2) is 126 Å². The molecule has 0 radical (unpaired) electrons. The van der Waals surface area contributed by atoms with Crippen molar-refractivity contribution in [2.75, 3.05) is 5.32 Å². The van der Waals surface area contributed by atoms with Crippen LogP contribution in [0.5, 0.6) is 0 Å². The normalized spacial score (nSPS) is 17.8. The van der Waals surface area contributed by atoms with Gasteiger partial charge in [0, 0.05) is 22.1 Å². The number of rotatable bonds is 4. The molecule has 0 aliphatic heterocycles. The van der Waals surface area contributed by atoms with Crippen LogP contribution in [0, 0.1) is 0 Å². The Morgan fingerprint density at radius 3 is 1.67 bits per heavy atom. The van der Waals surface area contributed by atoms with Crippen molar-refractivity contribution < 1.29 is 4.42 Å². The van der Waals surface area contributed by atoms with E-state index in [0.717, 1.165) is 33.3 Å². The molecule has 1 heterocycles. The summed E-state index contributed by atoms with van der Waals surface area (Å²) in [5.74, 6) is 1.31. The molecular weight excluding hydrogens is 619 g/mol. The van der Waals surface area contributed by atoms with Gasteiger partial charge < -0.3 is 9.73 Å². The Bertz CT molecular complexity index is 2420. The van der Waals surface area contributed by atoms with E-state index < -0.39 is 0 Å². The van der Waals surface area contributed by atoms with Crippen LogP contribution in [0.4, 0.5) is 11.4 Å². The van der Waals surface area contributed by atoms with Gasteiger partial charge in [-0.25, -0.2) is 0 Å². The summed E-state index contributed by atoms with van der Waals surface area (Å²) in [6, 6.07) is 46.5. The zero-order valence-electron chi connectivity index (χ0n) is 29.2. The van der Waals surface area contributed by atoms with E-state index in [-0.39, 0.29) is 5.41 Å². The van der Waals surface area contributed by atoms with Gasteiger partial charge in [-0.3, -0.25) is 0 Å². The van der Waals surface area contributed by atoms with E-state index in [1.807, 2.05) is 6.07 Å². The van der Waals surface area contributed by atoms with Gasteiger partial charge in [-0.1, -0.05) is 123 Å². The van der Waals surface area contributed by atoms with E-state index in [1.54, 1.807) is 0 Å². The van der Waals surface area contributed by atoms with Crippen molar-refractivity contribution in [2.24, 2.45) is 0 Å². The van der Waals surface area contributed by atoms with Gasteiger partial charge in [-0.05, 0) is 130 Å². The maximum Gasteiger partial charge on any atom is 0.135 e. The van der Waals surface area contributed by atoms with Gasteiger partial charge in [-0.2, -0.15) is 0 Å². The largest absolute Gasteiger partial charge is 0.456 e. The second-order valence-corrected chi connectivity index (χ2v) is 15.8. The fourth-order valence-electron chi connectivity index (χ4n) is 10.6. The molecule has 0 unspecified atom stereocenters. The van der Waals surface area contributed by atoms with Gasteiger partial charge in [0.25, 0.3) is 0 Å². The molecule has 0 bridgehead atoms. The molecule has 250 valence electrons. The molecule has 4 aliphatic carbocycles. The van der Waals surface area contributed by atoms with Gasteiger partial charge >= 0.3 is 0 Å². The molecule has 2 fully saturated rings. The van der Waals surface area contributed by atoms with Crippen molar-refractivity contribution in [2.45, 2.75) is 81.5 Å². The Labute approximate surface area is 300 Å². The molecule has 51 heavy (non-hydrogen) atoms. The van der Waals surface area contributed by atoms with E-state index in [2.05, 4.69) is 121 Å². The number of furan rings is 1. The summed E-state index contributed by atoms with van der Waals surface area (Å²) in [5, 5.41) is 6.14. The summed E-state index contributed by atoms with van der Waals surface area (Å²) in [7, 11) is 0. The third-order valence-corrected chi connectivity index (χ3v) is 13.0. The highest BCUT2D eigenvalue weighted by Gasteiger charge is 2.52. The Balaban J connectivity index is 1.12. The Morgan fingerprint density at radius 1 is 0.431 bits per heavy atom. The molecule has 11 rings (SSSR count). The van der Waals surface area contributed by atoms with Crippen LogP contribution < -0.4 is 5.32 Å². The summed E-state index contributed by atoms with van der Waals surface area (Å²) < 4.78 is 6.16. The standard InChI is InChI=1S/C49H43NO/c1-3-11-31(12-4-1)33-19-23-38-39-24-20-34(32-13-5-2-6-14-32)28-45(39)49(44(38)27-33)43-17-9-7-15-37(43)40-25-21-36(30-46(40)49)50-35-22-26-48-42(29-35)41-16-8-10-18-47(41)51-48/h7-10,15-32,50H,1-6,11-14H2. The van der Waals surface area contributed by atoms with E-state index >= 15 is 0 Å². The maximum atomic E-state index is 6.16. The van der Waals surface area contributed by atoms with Crippen molar-refractivity contribution in [1.82, 2.24) is 0 Å². The lowest BCUT2D eigenvalue weighted by atomic mass is 9.69. The highest BCUT2D eigenvalue weighted by molar-refractivity contribution is 6.06. The number of nitrogens with one attached hydrogen (secondary N) is 1. The van der Waals surface area contributed by atoms with Gasteiger partial charge in [-0.15, -0.1) is 0 Å². The van der Waals surface area contributed by atoms with Gasteiger partial charge in [0.2, 0.25) is 0 Å². The predicted molar refractivity (Wildman–Crippen MR) is 211 cm³/mol. The SMILES string of the molecule is c1ccc2c(c1)-c1ccc(Nc3ccc4oc5ccccc5c4c3)cc1C21c2cc(C3CCCCC3)ccc2-c2ccc(C3CCCCC3)cc21. The molecule has 1 aromatic heterocycles. The first kappa shape index (κ1) is 29.6. The van der Waals surface area contributed by atoms with Crippen LogP contribution in [0.2, 0.25) is 0 Å². The first-order chi connectivity index (χ1) is 25.3. The molecule has 2 heteroatoms. The smallest absolute Gasteiger partial charge is 0.135 e. The van der Waals surface area contributed by atoms with Crippen LogP contribution in [0.3, 0.4) is 0 Å². The molecular formula is C49H43NO. The fraction of sp³-hybridized carbons (Fsp3) is 0.265. The van der Waals surface area contributed by atoms with Crippen LogP contribution in [-0.4, -0.2) is 0 Å². The average Bonchev–Trinajstić information content (AvgIpc) is 3.81. The van der Waals surface area contributed by atoms with E-state index in [4.69, 9.17) is 4.42 Å². The lowest BCUT2D eigenvalue weighted by Gasteiger charge is -2.32. The minimum atomic E-state index is -0.353. The van der Waals surface area contributed by atoms with Crippen LogP contribution in [-0.2, 0) is 5.41 Å². The Hall–Kier alpha value is -5.08. The van der Waals surface area contributed by atoms with Crippen LogP contribution in [0.1, 0.15) is 109 Å². The third kappa shape index (κ3) is 4.41. The minimum Gasteiger partial charge on any atom is -0.456 e. The highest BCUT2D eigenvalue weighted by atomic mass is 16.3. The minimum absolute atomic E-state index is 0.353. The number of benzene rings is 6. The second kappa shape index (κ2) is 11.5. The molecule has 0 saturated heterocycles. The molecule has 2 nitrogen and oxygen atoms in total. The molecule has 7 aromatic rings. The molecule has 0 atom stereocenters. The summed E-state index contributed by atoms with van der Waals surface area (Å²) in [4.78, 5) is 0. The van der Waals surface area contributed by atoms with E-state index in [1.165, 1.54) is 120 Å². The number of para-hydroxylation sites is 1. The van der Waals surface area contributed by atoms with Crippen LogP contribution in [0.25, 0.3) is 44.2 Å². The third-order valence-electron chi connectivity index (χ3n) is 13.0. The van der Waals surface area contributed by atoms with Gasteiger partial charge in [0.05, 0.1) is 5.41 Å². The molecule has 0 amide bonds. The van der Waals surface area contributed by atoms with Crippen LogP contribution >= 0.6 is 0 Å². The number of hydrogen-bond acceptors (Lipinski definition) is 2. The molecule has 1 N–H and O–H groups in total. The number of hydrogen-bond donors (Lipinski definition) is 1. The van der Waals surface area contributed by atoms with Crippen molar-refractivity contribution in [3.05, 3.63) is 155 Å². The lowest BCUT2D eigenvalue weighted by molar-refractivity contribution is 0.443. The highest BCUT2D eigenvalue weighted by Crippen LogP contribution is 2.64. The summed E-state index contributed by atoms with van der Waals surface area (Å²) in [6.07, 6.45) is 13.4. The first-order valence-corrected chi connectivity index (χ1v) is 19.5. The summed E-state index contributed by atoms with van der Waals surface area (Å²) >= 11 is 0. The van der Waals surface area contributed by atoms with E-state index in [9.17, 15) is 0 Å². The summed E-state index contributed by atoms with van der Waals surface area (Å²) in [5.41, 5.74) is 18.1. The maximum absolute atomic E-state index is 6.16. The van der Waals surface area contributed by atoms with Crippen molar-refractivity contribution in [3.63, 3.8) is 0 Å². The zero-order valence-corrected chi connectivity index (χ0v) is 29.2. The molecule has 6 aromatic carbocycles. The zero-order chi connectivity index (χ0) is 33.5. The second-order valence-electron chi connectivity index (χ2n) is 15.8. The van der Waals surface area contributed by atoms with Crippen molar-refractivity contribution in [3.8, 4) is 22.3 Å². The lowest BCUT2D eigenvalue weighted by Crippen LogP contribution is -2.26. The van der Waals surface area contributed by atoms with Crippen molar-refractivity contribution >= 4 is 33.3 Å².